The second-order valence-electron chi connectivity index (χ2n) is 5.47. The number of nitrogens with one attached hydrogen (secondary N) is 1. The molecule has 0 spiro atoms. The molecule has 23 heavy (non-hydrogen) atoms. The lowest BCUT2D eigenvalue weighted by atomic mass is 10.1. The predicted molar refractivity (Wildman–Crippen MR) is 94.4 cm³/mol. The zero-order valence-corrected chi connectivity index (χ0v) is 14.2. The molecule has 0 unspecified atom stereocenters. The number of thiazole rings is 1. The SMILES string of the molecule is COc1cccc(CC(=O)Nc2nc3c(C)ccc(C)c3s2)c1. The van der Waals surface area contributed by atoms with Gasteiger partial charge in [-0.05, 0) is 42.7 Å². The summed E-state index contributed by atoms with van der Waals surface area (Å²) in [7, 11) is 1.62. The fraction of sp³-hybridized carbons (Fsp3) is 0.222. The van der Waals surface area contributed by atoms with E-state index >= 15 is 0 Å². The first-order chi connectivity index (χ1) is 11.1. The number of benzene rings is 2. The van der Waals surface area contributed by atoms with Gasteiger partial charge >= 0.3 is 0 Å². The Morgan fingerprint density at radius 1 is 1.22 bits per heavy atom. The van der Waals surface area contributed by atoms with Gasteiger partial charge in [0.15, 0.2) is 5.13 Å². The highest BCUT2D eigenvalue weighted by Gasteiger charge is 2.11. The summed E-state index contributed by atoms with van der Waals surface area (Å²) in [4.78, 5) is 16.8. The Morgan fingerprint density at radius 3 is 2.74 bits per heavy atom. The Balaban J connectivity index is 1.77. The standard InChI is InChI=1S/C18H18N2O2S/c1-11-7-8-12(2)17-16(11)20-18(23-17)19-15(21)10-13-5-4-6-14(9-13)22-3/h4-9H,10H2,1-3H3,(H,19,20,21). The summed E-state index contributed by atoms with van der Waals surface area (Å²) < 4.78 is 6.31. The first kappa shape index (κ1) is 15.5. The second-order valence-corrected chi connectivity index (χ2v) is 6.47. The van der Waals surface area contributed by atoms with Gasteiger partial charge in [-0.3, -0.25) is 4.79 Å². The Labute approximate surface area is 139 Å². The van der Waals surface area contributed by atoms with Crippen molar-refractivity contribution in [2.45, 2.75) is 20.3 Å². The highest BCUT2D eigenvalue weighted by atomic mass is 32.1. The molecule has 2 aromatic carbocycles. The minimum absolute atomic E-state index is 0.0763. The summed E-state index contributed by atoms with van der Waals surface area (Å²) >= 11 is 1.52. The molecule has 0 aliphatic rings. The summed E-state index contributed by atoms with van der Waals surface area (Å²) in [6, 6.07) is 11.7. The fourth-order valence-corrected chi connectivity index (χ4v) is 3.47. The molecule has 1 N–H and O–H groups in total. The Bertz CT molecular complexity index is 832. The lowest BCUT2D eigenvalue weighted by Crippen LogP contribution is -2.14. The fourth-order valence-electron chi connectivity index (χ4n) is 2.44. The van der Waals surface area contributed by atoms with E-state index in [-0.39, 0.29) is 5.91 Å². The highest BCUT2D eigenvalue weighted by molar-refractivity contribution is 7.22. The van der Waals surface area contributed by atoms with Crippen LogP contribution in [0.4, 0.5) is 5.13 Å². The maximum atomic E-state index is 12.2. The number of carbonyl (C=O) groups excluding carboxylic acids is 1. The number of amides is 1. The number of fused-ring (bicyclic) bond motifs is 1. The molecule has 1 aromatic heterocycles. The van der Waals surface area contributed by atoms with Crippen molar-refractivity contribution >= 4 is 32.6 Å². The molecule has 0 fully saturated rings. The highest BCUT2D eigenvalue weighted by Crippen LogP contribution is 2.30. The van der Waals surface area contributed by atoms with E-state index in [4.69, 9.17) is 4.74 Å². The molecule has 0 saturated carbocycles. The monoisotopic (exact) mass is 326 g/mol. The number of anilines is 1. The van der Waals surface area contributed by atoms with Crippen LogP contribution in [0, 0.1) is 13.8 Å². The molecular weight excluding hydrogens is 308 g/mol. The number of hydrogen-bond donors (Lipinski definition) is 1. The summed E-state index contributed by atoms with van der Waals surface area (Å²) in [6.45, 7) is 4.09. The van der Waals surface area contributed by atoms with Gasteiger partial charge in [-0.25, -0.2) is 4.98 Å². The zero-order chi connectivity index (χ0) is 16.4. The Kier molecular flexibility index (Phi) is 4.30. The van der Waals surface area contributed by atoms with Crippen LogP contribution in [0.1, 0.15) is 16.7 Å². The molecule has 0 saturated heterocycles. The smallest absolute Gasteiger partial charge is 0.230 e. The van der Waals surface area contributed by atoms with Gasteiger partial charge in [0.25, 0.3) is 0 Å². The van der Waals surface area contributed by atoms with Gasteiger partial charge in [-0.2, -0.15) is 0 Å². The molecule has 0 aliphatic carbocycles. The number of nitrogens with zero attached hydrogens (tertiary/aromatic N) is 1. The van der Waals surface area contributed by atoms with Crippen LogP contribution in [0.2, 0.25) is 0 Å². The van der Waals surface area contributed by atoms with Gasteiger partial charge in [-0.1, -0.05) is 35.6 Å². The summed E-state index contributed by atoms with van der Waals surface area (Å²) in [5.41, 5.74) is 4.17. The van der Waals surface area contributed by atoms with Crippen LogP contribution >= 0.6 is 11.3 Å². The molecule has 0 aliphatic heterocycles. The van der Waals surface area contributed by atoms with Crippen LogP contribution < -0.4 is 10.1 Å². The summed E-state index contributed by atoms with van der Waals surface area (Å²) in [6.07, 6.45) is 0.297. The average Bonchev–Trinajstić information content (AvgIpc) is 2.96. The lowest BCUT2D eigenvalue weighted by Gasteiger charge is -2.04. The first-order valence-corrected chi connectivity index (χ1v) is 8.18. The minimum Gasteiger partial charge on any atom is -0.497 e. The molecule has 4 nitrogen and oxygen atoms in total. The molecule has 1 heterocycles. The van der Waals surface area contributed by atoms with Crippen molar-refractivity contribution in [3.63, 3.8) is 0 Å². The second kappa shape index (κ2) is 6.38. The van der Waals surface area contributed by atoms with Crippen molar-refractivity contribution in [2.24, 2.45) is 0 Å². The van der Waals surface area contributed by atoms with E-state index in [1.165, 1.54) is 16.9 Å². The van der Waals surface area contributed by atoms with Crippen molar-refractivity contribution in [1.82, 2.24) is 4.98 Å². The van der Waals surface area contributed by atoms with Crippen LogP contribution in [-0.2, 0) is 11.2 Å². The van der Waals surface area contributed by atoms with E-state index in [1.807, 2.05) is 31.2 Å². The van der Waals surface area contributed by atoms with Crippen LogP contribution in [0.5, 0.6) is 5.75 Å². The number of carbonyl (C=O) groups is 1. The third-order valence-electron chi connectivity index (χ3n) is 3.69. The van der Waals surface area contributed by atoms with Gasteiger partial charge in [0.1, 0.15) is 5.75 Å². The van der Waals surface area contributed by atoms with E-state index < -0.39 is 0 Å². The molecule has 0 radical (unpaired) electrons. The van der Waals surface area contributed by atoms with Gasteiger partial charge in [0.2, 0.25) is 5.91 Å². The predicted octanol–water partition coefficient (Wildman–Crippen LogP) is 4.10. The maximum absolute atomic E-state index is 12.2. The molecule has 1 amide bonds. The third-order valence-corrected chi connectivity index (χ3v) is 4.79. The third kappa shape index (κ3) is 3.35. The number of hydrogen-bond acceptors (Lipinski definition) is 4. The van der Waals surface area contributed by atoms with Crippen LogP contribution in [-0.4, -0.2) is 18.0 Å². The number of aromatic nitrogens is 1. The van der Waals surface area contributed by atoms with Crippen LogP contribution in [0.25, 0.3) is 10.2 Å². The van der Waals surface area contributed by atoms with E-state index in [2.05, 4.69) is 29.4 Å². The number of rotatable bonds is 4. The van der Waals surface area contributed by atoms with E-state index in [0.717, 1.165) is 27.1 Å². The summed E-state index contributed by atoms with van der Waals surface area (Å²) in [5, 5.41) is 3.54. The summed E-state index contributed by atoms with van der Waals surface area (Å²) in [5.74, 6) is 0.675. The average molecular weight is 326 g/mol. The van der Waals surface area contributed by atoms with Crippen molar-refractivity contribution in [3.8, 4) is 5.75 Å². The van der Waals surface area contributed by atoms with E-state index in [9.17, 15) is 4.79 Å². The zero-order valence-electron chi connectivity index (χ0n) is 13.3. The van der Waals surface area contributed by atoms with E-state index in [1.54, 1.807) is 7.11 Å². The quantitative estimate of drug-likeness (QED) is 0.785. The molecule has 0 bridgehead atoms. The number of aryl methyl sites for hydroxylation is 2. The van der Waals surface area contributed by atoms with E-state index in [0.29, 0.717) is 11.6 Å². The number of ether oxygens (including phenoxy) is 1. The molecule has 3 rings (SSSR count). The first-order valence-electron chi connectivity index (χ1n) is 7.36. The van der Waals surface area contributed by atoms with Gasteiger partial charge in [-0.15, -0.1) is 0 Å². The molecule has 0 atom stereocenters. The topological polar surface area (TPSA) is 51.2 Å². The normalized spacial score (nSPS) is 10.7. The van der Waals surface area contributed by atoms with Gasteiger partial charge < -0.3 is 10.1 Å². The van der Waals surface area contributed by atoms with Crippen molar-refractivity contribution < 1.29 is 9.53 Å². The molecular formula is C18H18N2O2S. The molecule has 3 aromatic rings. The number of methoxy groups -OCH3 is 1. The van der Waals surface area contributed by atoms with Gasteiger partial charge in [0, 0.05) is 0 Å². The van der Waals surface area contributed by atoms with Crippen molar-refractivity contribution in [3.05, 3.63) is 53.1 Å². The van der Waals surface area contributed by atoms with Gasteiger partial charge in [0.05, 0.1) is 23.7 Å². The van der Waals surface area contributed by atoms with Crippen LogP contribution in [0.3, 0.4) is 0 Å². The van der Waals surface area contributed by atoms with Crippen molar-refractivity contribution in [1.29, 1.82) is 0 Å². The Morgan fingerprint density at radius 2 is 2.00 bits per heavy atom. The van der Waals surface area contributed by atoms with Crippen LogP contribution in [0.15, 0.2) is 36.4 Å². The lowest BCUT2D eigenvalue weighted by molar-refractivity contribution is -0.115. The molecule has 5 heteroatoms. The maximum Gasteiger partial charge on any atom is 0.230 e. The Hall–Kier alpha value is -2.40. The largest absolute Gasteiger partial charge is 0.497 e. The molecule has 118 valence electrons. The van der Waals surface area contributed by atoms with Crippen molar-refractivity contribution in [2.75, 3.05) is 12.4 Å². The minimum atomic E-state index is -0.0763.